The number of nitrogens with two attached hydrogens (primary N) is 2. The fourth-order valence-corrected chi connectivity index (χ4v) is 1.35. The van der Waals surface area contributed by atoms with Crippen molar-refractivity contribution in [3.05, 3.63) is 17.7 Å². The van der Waals surface area contributed by atoms with Gasteiger partial charge in [-0.3, -0.25) is 5.32 Å². The van der Waals surface area contributed by atoms with Gasteiger partial charge in [0.15, 0.2) is 0 Å². The van der Waals surface area contributed by atoms with Crippen molar-refractivity contribution in [2.45, 2.75) is 6.54 Å². The van der Waals surface area contributed by atoms with Crippen LogP contribution in [0.25, 0.3) is 0 Å². The monoisotopic (exact) mass is 164 g/mol. The molecule has 2 rings (SSSR count). The van der Waals surface area contributed by atoms with E-state index in [4.69, 9.17) is 11.5 Å². The van der Waals surface area contributed by atoms with E-state index < -0.39 is 0 Å². The van der Waals surface area contributed by atoms with Crippen LogP contribution in [-0.2, 0) is 6.54 Å². The average molecular weight is 164 g/mol. The summed E-state index contributed by atoms with van der Waals surface area (Å²) in [6, 6.07) is 3.79. The lowest BCUT2D eigenvalue weighted by atomic mass is 10.1. The van der Waals surface area contributed by atoms with Gasteiger partial charge in [0.1, 0.15) is 0 Å². The Morgan fingerprint density at radius 2 is 1.92 bits per heavy atom. The van der Waals surface area contributed by atoms with E-state index in [2.05, 4.69) is 10.6 Å². The maximum atomic E-state index is 5.66. The predicted molar refractivity (Wildman–Crippen MR) is 50.6 cm³/mol. The summed E-state index contributed by atoms with van der Waals surface area (Å²) < 4.78 is 0. The van der Waals surface area contributed by atoms with Crippen molar-refractivity contribution in [1.82, 2.24) is 5.32 Å². The molecule has 0 atom stereocenters. The van der Waals surface area contributed by atoms with Crippen LogP contribution in [0.3, 0.4) is 0 Å². The van der Waals surface area contributed by atoms with E-state index in [-0.39, 0.29) is 0 Å². The maximum absolute atomic E-state index is 5.66. The number of nitrogens with one attached hydrogen (secondary N) is 2. The summed E-state index contributed by atoms with van der Waals surface area (Å²) >= 11 is 0. The van der Waals surface area contributed by atoms with Gasteiger partial charge in [0.25, 0.3) is 0 Å². The number of nitrogen functional groups attached to an aromatic ring is 2. The summed E-state index contributed by atoms with van der Waals surface area (Å²) in [5, 5.41) is 6.36. The van der Waals surface area contributed by atoms with Crippen LogP contribution in [0.15, 0.2) is 12.1 Å². The Labute approximate surface area is 70.9 Å². The number of anilines is 3. The van der Waals surface area contributed by atoms with E-state index in [0.29, 0.717) is 11.4 Å². The SMILES string of the molecule is Nc1cc2c(cc1N)NCNC2. The molecule has 0 saturated heterocycles. The molecule has 0 aromatic heterocycles. The van der Waals surface area contributed by atoms with E-state index in [1.807, 2.05) is 12.1 Å². The number of rotatable bonds is 0. The number of hydrogen-bond donors (Lipinski definition) is 4. The molecule has 0 unspecified atom stereocenters. The zero-order chi connectivity index (χ0) is 8.55. The fourth-order valence-electron chi connectivity index (χ4n) is 1.35. The molecule has 64 valence electrons. The molecular weight excluding hydrogens is 152 g/mol. The highest BCUT2D eigenvalue weighted by Crippen LogP contribution is 2.26. The summed E-state index contributed by atoms with van der Waals surface area (Å²) in [5.74, 6) is 0. The van der Waals surface area contributed by atoms with Gasteiger partial charge in [-0.2, -0.15) is 0 Å². The van der Waals surface area contributed by atoms with Crippen LogP contribution in [0, 0.1) is 0 Å². The first-order valence-corrected chi connectivity index (χ1v) is 3.90. The molecule has 0 radical (unpaired) electrons. The van der Waals surface area contributed by atoms with Gasteiger partial charge in [-0.1, -0.05) is 0 Å². The number of hydrogen-bond acceptors (Lipinski definition) is 4. The third-order valence-corrected chi connectivity index (χ3v) is 2.03. The van der Waals surface area contributed by atoms with Crippen molar-refractivity contribution >= 4 is 17.1 Å². The standard InChI is InChI=1S/C8H12N4/c9-6-1-5-3-11-4-12-8(5)2-7(6)10/h1-2,11-12H,3-4,9-10H2. The van der Waals surface area contributed by atoms with Crippen LogP contribution in [0.5, 0.6) is 0 Å². The summed E-state index contributed by atoms with van der Waals surface area (Å²) in [6.45, 7) is 1.64. The molecule has 1 aliphatic rings. The molecule has 1 aliphatic heterocycles. The second kappa shape index (κ2) is 2.57. The molecule has 0 amide bonds. The Hall–Kier alpha value is -1.42. The van der Waals surface area contributed by atoms with Gasteiger partial charge in [0, 0.05) is 12.2 Å². The molecule has 1 aromatic rings. The Balaban J connectivity index is 2.49. The first-order valence-electron chi connectivity index (χ1n) is 3.90. The Bertz CT molecular complexity index is 277. The van der Waals surface area contributed by atoms with E-state index in [1.165, 1.54) is 5.56 Å². The summed E-state index contributed by atoms with van der Waals surface area (Å²) in [6.07, 6.45) is 0. The minimum absolute atomic E-state index is 0.642. The van der Waals surface area contributed by atoms with Crippen LogP contribution in [0.1, 0.15) is 5.56 Å². The third kappa shape index (κ3) is 1.06. The first-order chi connectivity index (χ1) is 5.77. The van der Waals surface area contributed by atoms with Gasteiger partial charge in [-0.05, 0) is 17.7 Å². The molecule has 1 aromatic carbocycles. The van der Waals surface area contributed by atoms with Crippen LogP contribution < -0.4 is 22.1 Å². The molecule has 0 spiro atoms. The molecule has 0 saturated carbocycles. The molecule has 0 bridgehead atoms. The van der Waals surface area contributed by atoms with Crippen molar-refractivity contribution in [3.63, 3.8) is 0 Å². The van der Waals surface area contributed by atoms with Crippen molar-refractivity contribution in [2.75, 3.05) is 23.5 Å². The zero-order valence-corrected chi connectivity index (χ0v) is 6.72. The van der Waals surface area contributed by atoms with Crippen LogP contribution in [0.2, 0.25) is 0 Å². The minimum Gasteiger partial charge on any atom is -0.397 e. The lowest BCUT2D eigenvalue weighted by molar-refractivity contribution is 0.710. The van der Waals surface area contributed by atoms with Crippen molar-refractivity contribution < 1.29 is 0 Å². The molecule has 6 N–H and O–H groups in total. The maximum Gasteiger partial charge on any atom is 0.0655 e. The smallest absolute Gasteiger partial charge is 0.0655 e. The van der Waals surface area contributed by atoms with Gasteiger partial charge < -0.3 is 16.8 Å². The quantitative estimate of drug-likeness (QED) is 0.417. The fraction of sp³-hybridized carbons (Fsp3) is 0.250. The summed E-state index contributed by atoms with van der Waals surface area (Å²) in [7, 11) is 0. The minimum atomic E-state index is 0.642. The second-order valence-corrected chi connectivity index (χ2v) is 2.92. The van der Waals surface area contributed by atoms with Crippen LogP contribution in [-0.4, -0.2) is 6.67 Å². The van der Waals surface area contributed by atoms with Crippen LogP contribution >= 0.6 is 0 Å². The topological polar surface area (TPSA) is 76.1 Å². The van der Waals surface area contributed by atoms with E-state index >= 15 is 0 Å². The van der Waals surface area contributed by atoms with Gasteiger partial charge in [-0.15, -0.1) is 0 Å². The largest absolute Gasteiger partial charge is 0.397 e. The molecule has 12 heavy (non-hydrogen) atoms. The van der Waals surface area contributed by atoms with E-state index in [1.54, 1.807) is 0 Å². The van der Waals surface area contributed by atoms with Gasteiger partial charge in [0.2, 0.25) is 0 Å². The highest BCUT2D eigenvalue weighted by molar-refractivity contribution is 5.72. The molecular formula is C8H12N4. The zero-order valence-electron chi connectivity index (χ0n) is 6.72. The Morgan fingerprint density at radius 1 is 1.17 bits per heavy atom. The van der Waals surface area contributed by atoms with Crippen molar-refractivity contribution in [1.29, 1.82) is 0 Å². The molecule has 0 aliphatic carbocycles. The lowest BCUT2D eigenvalue weighted by Crippen LogP contribution is -2.27. The van der Waals surface area contributed by atoms with Crippen molar-refractivity contribution in [3.8, 4) is 0 Å². The van der Waals surface area contributed by atoms with E-state index in [9.17, 15) is 0 Å². The molecule has 1 heterocycles. The molecule has 4 nitrogen and oxygen atoms in total. The highest BCUT2D eigenvalue weighted by Gasteiger charge is 2.08. The van der Waals surface area contributed by atoms with Gasteiger partial charge in [-0.25, -0.2) is 0 Å². The first kappa shape index (κ1) is 7.24. The third-order valence-electron chi connectivity index (χ3n) is 2.03. The van der Waals surface area contributed by atoms with Crippen LogP contribution in [0.4, 0.5) is 17.1 Å². The normalized spacial score (nSPS) is 15.0. The highest BCUT2D eigenvalue weighted by atomic mass is 15.1. The molecule has 0 fully saturated rings. The Kier molecular flexibility index (Phi) is 1.55. The second-order valence-electron chi connectivity index (χ2n) is 2.92. The van der Waals surface area contributed by atoms with Gasteiger partial charge >= 0.3 is 0 Å². The summed E-state index contributed by atoms with van der Waals surface area (Å²) in [4.78, 5) is 0. The summed E-state index contributed by atoms with van der Waals surface area (Å²) in [5.41, 5.74) is 14.9. The van der Waals surface area contributed by atoms with Gasteiger partial charge in [0.05, 0.1) is 18.0 Å². The Morgan fingerprint density at radius 3 is 2.75 bits per heavy atom. The van der Waals surface area contributed by atoms with E-state index in [0.717, 1.165) is 18.9 Å². The predicted octanol–water partition coefficient (Wildman–Crippen LogP) is 0.324. The average Bonchev–Trinajstić information content (AvgIpc) is 2.07. The lowest BCUT2D eigenvalue weighted by Gasteiger charge is -2.20. The number of benzene rings is 1. The number of fused-ring (bicyclic) bond motifs is 1. The molecule has 4 heteroatoms. The van der Waals surface area contributed by atoms with Crippen molar-refractivity contribution in [2.24, 2.45) is 0 Å².